The van der Waals surface area contributed by atoms with Crippen LogP contribution in [0, 0.1) is 6.92 Å². The summed E-state index contributed by atoms with van der Waals surface area (Å²) in [4.78, 5) is 34.0. The molecule has 0 saturated carbocycles. The number of nitrogens with zero attached hydrogens (tertiary/aromatic N) is 3. The molecule has 19 heavy (non-hydrogen) atoms. The summed E-state index contributed by atoms with van der Waals surface area (Å²) in [7, 11) is 0. The summed E-state index contributed by atoms with van der Waals surface area (Å²) in [5.41, 5.74) is 1.39. The van der Waals surface area contributed by atoms with E-state index in [0.717, 1.165) is 17.5 Å². The van der Waals surface area contributed by atoms with Gasteiger partial charge in [0.15, 0.2) is 5.13 Å². The van der Waals surface area contributed by atoms with Gasteiger partial charge in [-0.05, 0) is 6.92 Å². The van der Waals surface area contributed by atoms with Crippen LogP contribution < -0.4 is 5.32 Å². The SMILES string of the molecule is C=C1C=NC(=O)N=C1SCC(=O)Nc1nc(C)cs1. The number of hydrogen-bond acceptors (Lipinski definition) is 5. The third-order valence-corrected chi connectivity index (χ3v) is 3.92. The minimum Gasteiger partial charge on any atom is -0.301 e. The summed E-state index contributed by atoms with van der Waals surface area (Å²) < 4.78 is 0. The van der Waals surface area contributed by atoms with Crippen molar-refractivity contribution in [2.75, 3.05) is 11.1 Å². The number of aliphatic imine (C=N–C) groups is 2. The van der Waals surface area contributed by atoms with Crippen LogP contribution in [-0.2, 0) is 4.79 Å². The molecule has 0 fully saturated rings. The minimum atomic E-state index is -0.578. The van der Waals surface area contributed by atoms with Crippen molar-refractivity contribution in [1.29, 1.82) is 0 Å². The van der Waals surface area contributed by atoms with E-state index in [-0.39, 0.29) is 11.7 Å². The molecule has 6 nitrogen and oxygen atoms in total. The number of anilines is 1. The Morgan fingerprint density at radius 3 is 3.05 bits per heavy atom. The van der Waals surface area contributed by atoms with E-state index in [1.54, 1.807) is 0 Å². The van der Waals surface area contributed by atoms with Crippen LogP contribution in [0.1, 0.15) is 5.69 Å². The highest BCUT2D eigenvalue weighted by Crippen LogP contribution is 2.17. The molecule has 1 aliphatic rings. The molecule has 98 valence electrons. The molecular weight excluding hydrogens is 284 g/mol. The topological polar surface area (TPSA) is 83.8 Å². The molecule has 1 aromatic rings. The highest BCUT2D eigenvalue weighted by atomic mass is 32.2. The minimum absolute atomic E-state index is 0.137. The van der Waals surface area contributed by atoms with E-state index in [2.05, 4.69) is 26.9 Å². The van der Waals surface area contributed by atoms with Crippen molar-refractivity contribution in [2.45, 2.75) is 6.92 Å². The number of rotatable bonds is 3. The number of hydrogen-bond donors (Lipinski definition) is 1. The highest BCUT2D eigenvalue weighted by molar-refractivity contribution is 8.15. The Morgan fingerprint density at radius 1 is 1.58 bits per heavy atom. The summed E-state index contributed by atoms with van der Waals surface area (Å²) in [6, 6.07) is -0.578. The largest absolute Gasteiger partial charge is 0.368 e. The van der Waals surface area contributed by atoms with E-state index < -0.39 is 6.03 Å². The zero-order valence-corrected chi connectivity index (χ0v) is 11.7. The molecule has 0 spiro atoms. The summed E-state index contributed by atoms with van der Waals surface area (Å²) in [6.07, 6.45) is 1.35. The smallest absolute Gasteiger partial charge is 0.301 e. The molecule has 2 heterocycles. The highest BCUT2D eigenvalue weighted by Gasteiger charge is 2.14. The predicted octanol–water partition coefficient (Wildman–Crippen LogP) is 2.28. The van der Waals surface area contributed by atoms with Crippen LogP contribution in [0.2, 0.25) is 0 Å². The number of amides is 3. The van der Waals surface area contributed by atoms with Gasteiger partial charge in [0.1, 0.15) is 5.04 Å². The summed E-state index contributed by atoms with van der Waals surface area (Å²) in [6.45, 7) is 5.55. The lowest BCUT2D eigenvalue weighted by atomic mass is 10.3. The van der Waals surface area contributed by atoms with E-state index in [9.17, 15) is 9.59 Å². The van der Waals surface area contributed by atoms with E-state index in [0.29, 0.717) is 15.7 Å². The van der Waals surface area contributed by atoms with Gasteiger partial charge in [-0.15, -0.1) is 11.3 Å². The first-order valence-corrected chi connectivity index (χ1v) is 7.12. The van der Waals surface area contributed by atoms with Crippen molar-refractivity contribution < 1.29 is 9.59 Å². The Morgan fingerprint density at radius 2 is 2.37 bits per heavy atom. The molecule has 3 amide bonds. The number of carbonyl (C=O) groups excluding carboxylic acids is 2. The first-order valence-electron chi connectivity index (χ1n) is 5.25. The lowest BCUT2D eigenvalue weighted by Crippen LogP contribution is -2.17. The number of nitrogens with one attached hydrogen (secondary N) is 1. The van der Waals surface area contributed by atoms with Crippen LogP contribution in [0.5, 0.6) is 0 Å². The van der Waals surface area contributed by atoms with Crippen molar-refractivity contribution in [3.8, 4) is 0 Å². The normalized spacial score (nSPS) is 14.5. The van der Waals surface area contributed by atoms with Gasteiger partial charge in [0, 0.05) is 17.2 Å². The Labute approximate surface area is 117 Å². The standard InChI is InChI=1S/C11H10N4O2S2/c1-6-3-12-10(17)15-9(6)18-5-8(16)14-11-13-7(2)4-19-11/h3-4H,1,5H2,2H3,(H,13,14,16). The van der Waals surface area contributed by atoms with Crippen LogP contribution in [0.3, 0.4) is 0 Å². The second-order valence-corrected chi connectivity index (χ2v) is 5.44. The lowest BCUT2D eigenvalue weighted by Gasteiger charge is -2.07. The van der Waals surface area contributed by atoms with Gasteiger partial charge in [-0.1, -0.05) is 18.3 Å². The van der Waals surface area contributed by atoms with Crippen molar-refractivity contribution in [3.63, 3.8) is 0 Å². The van der Waals surface area contributed by atoms with Crippen LogP contribution in [0.15, 0.2) is 27.5 Å². The Bertz CT molecular complexity index is 604. The van der Waals surface area contributed by atoms with Gasteiger partial charge in [0.25, 0.3) is 0 Å². The van der Waals surface area contributed by atoms with Crippen LogP contribution in [-0.4, -0.2) is 33.9 Å². The average Bonchev–Trinajstić information content (AvgIpc) is 2.76. The maximum absolute atomic E-state index is 11.7. The fourth-order valence-electron chi connectivity index (χ4n) is 1.20. The third kappa shape index (κ3) is 3.83. The molecule has 0 saturated heterocycles. The van der Waals surface area contributed by atoms with Gasteiger partial charge < -0.3 is 5.32 Å². The molecule has 1 aromatic heterocycles. The van der Waals surface area contributed by atoms with Crippen molar-refractivity contribution in [1.82, 2.24) is 4.98 Å². The molecule has 0 radical (unpaired) electrons. The van der Waals surface area contributed by atoms with Crippen LogP contribution in [0.4, 0.5) is 9.93 Å². The second-order valence-electron chi connectivity index (χ2n) is 3.61. The maximum Gasteiger partial charge on any atom is 0.368 e. The Kier molecular flexibility index (Phi) is 4.23. The predicted molar refractivity (Wildman–Crippen MR) is 78.4 cm³/mol. The van der Waals surface area contributed by atoms with Crippen molar-refractivity contribution in [2.24, 2.45) is 9.98 Å². The zero-order chi connectivity index (χ0) is 13.8. The number of thiazole rings is 1. The van der Waals surface area contributed by atoms with Gasteiger partial charge >= 0.3 is 6.03 Å². The number of aryl methyl sites for hydroxylation is 1. The molecule has 0 aromatic carbocycles. The van der Waals surface area contributed by atoms with E-state index in [1.807, 2.05) is 12.3 Å². The van der Waals surface area contributed by atoms with E-state index >= 15 is 0 Å². The summed E-state index contributed by atoms with van der Waals surface area (Å²) >= 11 is 2.51. The summed E-state index contributed by atoms with van der Waals surface area (Å²) in [5.74, 6) is -0.0674. The quantitative estimate of drug-likeness (QED) is 0.927. The monoisotopic (exact) mass is 294 g/mol. The zero-order valence-electron chi connectivity index (χ0n) is 10.0. The molecule has 0 atom stereocenters. The fraction of sp³-hybridized carbons (Fsp3) is 0.182. The maximum atomic E-state index is 11.7. The molecule has 2 rings (SSSR count). The fourth-order valence-corrected chi connectivity index (χ4v) is 2.63. The molecule has 0 aliphatic carbocycles. The Hall–Kier alpha value is -1.80. The molecule has 0 bridgehead atoms. The number of thioether (sulfide) groups is 1. The lowest BCUT2D eigenvalue weighted by molar-refractivity contribution is -0.113. The third-order valence-electron chi connectivity index (χ3n) is 2.01. The average molecular weight is 294 g/mol. The number of urea groups is 1. The molecule has 0 unspecified atom stereocenters. The van der Waals surface area contributed by atoms with Gasteiger partial charge in [0.05, 0.1) is 11.4 Å². The van der Waals surface area contributed by atoms with Gasteiger partial charge in [-0.3, -0.25) is 4.79 Å². The van der Waals surface area contributed by atoms with Crippen molar-refractivity contribution >= 4 is 51.4 Å². The van der Waals surface area contributed by atoms with Crippen LogP contribution >= 0.6 is 23.1 Å². The van der Waals surface area contributed by atoms with Gasteiger partial charge in [-0.25, -0.2) is 9.78 Å². The molecule has 8 heteroatoms. The van der Waals surface area contributed by atoms with Gasteiger partial charge in [0.2, 0.25) is 5.91 Å². The number of aromatic nitrogens is 1. The molecule has 1 aliphatic heterocycles. The van der Waals surface area contributed by atoms with Crippen LogP contribution in [0.25, 0.3) is 0 Å². The van der Waals surface area contributed by atoms with Crippen molar-refractivity contribution in [3.05, 3.63) is 23.2 Å². The number of carbonyl (C=O) groups is 2. The van der Waals surface area contributed by atoms with E-state index in [4.69, 9.17) is 0 Å². The Balaban J connectivity index is 1.87. The summed E-state index contributed by atoms with van der Waals surface area (Å²) in [5, 5.41) is 5.51. The van der Waals surface area contributed by atoms with E-state index in [1.165, 1.54) is 17.6 Å². The first kappa shape index (κ1) is 13.6. The molecular formula is C11H10N4O2S2. The second kappa shape index (κ2) is 5.89. The first-order chi connectivity index (χ1) is 9.04. The molecule has 1 N–H and O–H groups in total. The van der Waals surface area contributed by atoms with Gasteiger partial charge in [-0.2, -0.15) is 9.98 Å².